The number of pyridine rings is 1. The first kappa shape index (κ1) is 11.9. The summed E-state index contributed by atoms with van der Waals surface area (Å²) in [5.41, 5.74) is 4.38. The summed E-state index contributed by atoms with van der Waals surface area (Å²) in [6.07, 6.45) is 0.963. The molecule has 3 N–H and O–H groups in total. The minimum absolute atomic E-state index is 0.294. The fourth-order valence-corrected chi connectivity index (χ4v) is 1.06. The average molecular weight is 227 g/mol. The van der Waals surface area contributed by atoms with Gasteiger partial charge in [-0.1, -0.05) is 0 Å². The summed E-state index contributed by atoms with van der Waals surface area (Å²) in [5, 5.41) is 19.0. The van der Waals surface area contributed by atoms with Crippen LogP contribution in [0.4, 0.5) is 5.69 Å². The maximum Gasteiger partial charge on any atom is 0.322 e. The predicted octanol–water partition coefficient (Wildman–Crippen LogP) is -0.832. The molecule has 0 fully saturated rings. The van der Waals surface area contributed by atoms with Crippen molar-refractivity contribution in [2.45, 2.75) is 12.6 Å². The molecule has 0 spiro atoms. The first-order valence-electron chi connectivity index (χ1n) is 4.25. The Morgan fingerprint density at radius 3 is 2.75 bits per heavy atom. The lowest BCUT2D eigenvalue weighted by Crippen LogP contribution is -2.37. The van der Waals surface area contributed by atoms with Crippen molar-refractivity contribution in [3.05, 3.63) is 38.8 Å². The van der Waals surface area contributed by atoms with Gasteiger partial charge in [0.25, 0.3) is 11.2 Å². The first-order chi connectivity index (χ1) is 7.41. The van der Waals surface area contributed by atoms with E-state index in [1.807, 2.05) is 0 Å². The van der Waals surface area contributed by atoms with Crippen LogP contribution in [0.25, 0.3) is 0 Å². The summed E-state index contributed by atoms with van der Waals surface area (Å²) in [7, 11) is 0. The summed E-state index contributed by atoms with van der Waals surface area (Å²) in [4.78, 5) is 31.5. The van der Waals surface area contributed by atoms with Gasteiger partial charge in [0.05, 0.1) is 17.7 Å². The van der Waals surface area contributed by atoms with Crippen LogP contribution < -0.4 is 11.3 Å². The van der Waals surface area contributed by atoms with Gasteiger partial charge in [0, 0.05) is 12.1 Å². The number of carboxylic acids is 1. The highest BCUT2D eigenvalue weighted by Gasteiger charge is 2.15. The van der Waals surface area contributed by atoms with Crippen LogP contribution in [0.15, 0.2) is 23.1 Å². The van der Waals surface area contributed by atoms with E-state index < -0.39 is 22.5 Å². The molecule has 1 heterocycles. The topological polar surface area (TPSA) is 128 Å². The number of aromatic nitrogens is 1. The minimum Gasteiger partial charge on any atom is -0.480 e. The lowest BCUT2D eigenvalue weighted by Gasteiger charge is -2.08. The number of nitro groups is 1. The van der Waals surface area contributed by atoms with Crippen molar-refractivity contribution in [1.29, 1.82) is 0 Å². The van der Waals surface area contributed by atoms with E-state index in [9.17, 15) is 19.7 Å². The molecule has 1 aromatic heterocycles. The van der Waals surface area contributed by atoms with Crippen molar-refractivity contribution in [3.63, 3.8) is 0 Å². The van der Waals surface area contributed by atoms with Crippen molar-refractivity contribution >= 4 is 11.7 Å². The Kier molecular flexibility index (Phi) is 3.36. The van der Waals surface area contributed by atoms with Crippen molar-refractivity contribution < 1.29 is 14.8 Å². The fraction of sp³-hybridized carbons (Fsp3) is 0.250. The van der Waals surface area contributed by atoms with Crippen molar-refractivity contribution in [3.8, 4) is 0 Å². The maximum atomic E-state index is 11.2. The summed E-state index contributed by atoms with van der Waals surface area (Å²) >= 11 is 0. The van der Waals surface area contributed by atoms with Crippen molar-refractivity contribution in [1.82, 2.24) is 4.57 Å². The average Bonchev–Trinajstić information content (AvgIpc) is 2.20. The number of carboxylic acid groups (broad SMARTS) is 1. The quantitative estimate of drug-likeness (QED) is 0.510. The van der Waals surface area contributed by atoms with E-state index in [0.717, 1.165) is 22.9 Å². The predicted molar refractivity (Wildman–Crippen MR) is 53.0 cm³/mol. The second-order valence-electron chi connectivity index (χ2n) is 3.08. The molecule has 0 radical (unpaired) electrons. The molecule has 1 rings (SSSR count). The Balaban J connectivity index is 3.03. The number of rotatable bonds is 4. The van der Waals surface area contributed by atoms with Crippen LogP contribution in [0, 0.1) is 10.1 Å². The molecule has 86 valence electrons. The van der Waals surface area contributed by atoms with E-state index in [1.165, 1.54) is 0 Å². The van der Waals surface area contributed by atoms with Crippen LogP contribution >= 0.6 is 0 Å². The van der Waals surface area contributed by atoms with Gasteiger partial charge < -0.3 is 15.4 Å². The zero-order valence-electron chi connectivity index (χ0n) is 8.07. The van der Waals surface area contributed by atoms with Crippen LogP contribution in [0.3, 0.4) is 0 Å². The van der Waals surface area contributed by atoms with E-state index in [0.29, 0.717) is 0 Å². The van der Waals surface area contributed by atoms with Gasteiger partial charge in [-0.15, -0.1) is 0 Å². The smallest absolute Gasteiger partial charge is 0.322 e. The highest BCUT2D eigenvalue weighted by molar-refractivity contribution is 5.72. The van der Waals surface area contributed by atoms with E-state index in [-0.39, 0.29) is 12.2 Å². The molecule has 0 amide bonds. The number of aliphatic carboxylic acids is 1. The highest BCUT2D eigenvalue weighted by Crippen LogP contribution is 2.06. The zero-order chi connectivity index (χ0) is 12.3. The van der Waals surface area contributed by atoms with E-state index in [4.69, 9.17) is 10.8 Å². The van der Waals surface area contributed by atoms with Crippen molar-refractivity contribution in [2.75, 3.05) is 0 Å². The number of carbonyl (C=O) groups is 1. The molecule has 0 aliphatic carbocycles. The SMILES string of the molecule is NC(Cn1cc([N+](=O)[O-])ccc1=O)C(=O)O. The Morgan fingerprint density at radius 1 is 1.62 bits per heavy atom. The van der Waals surface area contributed by atoms with Gasteiger partial charge in [-0.25, -0.2) is 0 Å². The third kappa shape index (κ3) is 2.64. The van der Waals surface area contributed by atoms with Gasteiger partial charge in [0.1, 0.15) is 6.04 Å². The first-order valence-corrected chi connectivity index (χ1v) is 4.25. The Bertz CT molecular complexity index is 481. The maximum absolute atomic E-state index is 11.2. The third-order valence-corrected chi connectivity index (χ3v) is 1.89. The zero-order valence-corrected chi connectivity index (χ0v) is 8.07. The second kappa shape index (κ2) is 4.53. The molecule has 1 atom stereocenters. The molecular weight excluding hydrogens is 218 g/mol. The molecule has 0 aliphatic rings. The van der Waals surface area contributed by atoms with Gasteiger partial charge in [-0.05, 0) is 0 Å². The van der Waals surface area contributed by atoms with E-state index >= 15 is 0 Å². The summed E-state index contributed by atoms with van der Waals surface area (Å²) in [6.45, 7) is -0.310. The molecule has 0 saturated heterocycles. The molecule has 0 aliphatic heterocycles. The minimum atomic E-state index is -1.28. The molecule has 1 unspecified atom stereocenters. The normalized spacial score (nSPS) is 12.1. The lowest BCUT2D eigenvalue weighted by molar-refractivity contribution is -0.385. The molecule has 1 aromatic rings. The third-order valence-electron chi connectivity index (χ3n) is 1.89. The number of nitrogens with two attached hydrogens (primary N) is 1. The molecular formula is C8H9N3O5. The summed E-state index contributed by atoms with van der Waals surface area (Å²) in [5.74, 6) is -1.28. The lowest BCUT2D eigenvalue weighted by atomic mass is 10.3. The molecule has 0 aromatic carbocycles. The summed E-state index contributed by atoms with van der Waals surface area (Å²) < 4.78 is 0.900. The Labute approximate surface area is 89.1 Å². The second-order valence-corrected chi connectivity index (χ2v) is 3.08. The monoisotopic (exact) mass is 227 g/mol. The van der Waals surface area contributed by atoms with Gasteiger partial charge in [-0.3, -0.25) is 19.7 Å². The van der Waals surface area contributed by atoms with Crippen LogP contribution in [0.2, 0.25) is 0 Å². The molecule has 8 heteroatoms. The van der Waals surface area contributed by atoms with E-state index in [1.54, 1.807) is 0 Å². The van der Waals surface area contributed by atoms with Gasteiger partial charge in [0.15, 0.2) is 0 Å². The highest BCUT2D eigenvalue weighted by atomic mass is 16.6. The van der Waals surface area contributed by atoms with Crippen LogP contribution in [-0.2, 0) is 11.3 Å². The van der Waals surface area contributed by atoms with Crippen molar-refractivity contribution in [2.24, 2.45) is 5.73 Å². The van der Waals surface area contributed by atoms with Crippen LogP contribution in [-0.4, -0.2) is 26.6 Å². The van der Waals surface area contributed by atoms with Gasteiger partial charge in [0.2, 0.25) is 0 Å². The number of hydrogen-bond acceptors (Lipinski definition) is 5. The molecule has 16 heavy (non-hydrogen) atoms. The molecule has 0 bridgehead atoms. The fourth-order valence-electron chi connectivity index (χ4n) is 1.06. The largest absolute Gasteiger partial charge is 0.480 e. The number of nitrogens with zero attached hydrogens (tertiary/aromatic N) is 2. The standard InChI is InChI=1S/C8H9N3O5/c9-6(8(13)14)4-10-3-5(11(15)16)1-2-7(10)12/h1-3,6H,4,9H2,(H,13,14). The molecule has 0 saturated carbocycles. The van der Waals surface area contributed by atoms with Gasteiger partial charge >= 0.3 is 5.97 Å². The Morgan fingerprint density at radius 2 is 2.25 bits per heavy atom. The molecule has 8 nitrogen and oxygen atoms in total. The summed E-state index contributed by atoms with van der Waals surface area (Å²) in [6, 6.07) is 0.761. The Hall–Kier alpha value is -2.22. The number of hydrogen-bond donors (Lipinski definition) is 2. The van der Waals surface area contributed by atoms with Crippen LogP contribution in [0.5, 0.6) is 0 Å². The van der Waals surface area contributed by atoms with Crippen LogP contribution in [0.1, 0.15) is 0 Å². The van der Waals surface area contributed by atoms with Gasteiger partial charge in [-0.2, -0.15) is 0 Å². The van der Waals surface area contributed by atoms with E-state index in [2.05, 4.69) is 0 Å².